The number of nitrogens with zero attached hydrogens (tertiary/aromatic N) is 2. The van der Waals surface area contributed by atoms with Gasteiger partial charge in [0.25, 0.3) is 5.91 Å². The van der Waals surface area contributed by atoms with E-state index in [1.54, 1.807) is 12.3 Å². The maximum absolute atomic E-state index is 13.1. The average Bonchev–Trinajstić information content (AvgIpc) is 2.87. The summed E-state index contributed by atoms with van der Waals surface area (Å²) in [6.45, 7) is 1.48. The number of nitrogens with one attached hydrogen (secondary N) is 2. The molecule has 7 nitrogen and oxygen atoms in total. The third-order valence-electron chi connectivity index (χ3n) is 4.43. The quantitative estimate of drug-likeness (QED) is 0.751. The van der Waals surface area contributed by atoms with Gasteiger partial charge < -0.3 is 10.6 Å². The zero-order valence-electron chi connectivity index (χ0n) is 14.7. The summed E-state index contributed by atoms with van der Waals surface area (Å²) in [7, 11) is 0. The normalized spacial score (nSPS) is 19.1. The Kier molecular flexibility index (Phi) is 5.16. The number of carbonyl (C=O) groups is 3. The van der Waals surface area contributed by atoms with E-state index in [2.05, 4.69) is 15.6 Å². The molecule has 2 aromatic rings. The minimum atomic E-state index is -1.33. The summed E-state index contributed by atoms with van der Waals surface area (Å²) >= 11 is 0. The predicted molar refractivity (Wildman–Crippen MR) is 94.9 cm³/mol. The van der Waals surface area contributed by atoms with Crippen molar-refractivity contribution in [1.29, 1.82) is 0 Å². The maximum atomic E-state index is 13.1. The molecule has 0 aliphatic carbocycles. The minimum absolute atomic E-state index is 0.342. The number of urea groups is 1. The zero-order valence-corrected chi connectivity index (χ0v) is 14.7. The molecule has 2 N–H and O–H groups in total. The number of hydrogen-bond donors (Lipinski definition) is 2. The van der Waals surface area contributed by atoms with Crippen LogP contribution in [-0.2, 0) is 21.5 Å². The van der Waals surface area contributed by atoms with Crippen molar-refractivity contribution in [1.82, 2.24) is 20.5 Å². The number of amides is 4. The van der Waals surface area contributed by atoms with Gasteiger partial charge in [0, 0.05) is 24.9 Å². The molecule has 0 radical (unpaired) electrons. The number of aromatic nitrogens is 1. The second kappa shape index (κ2) is 7.53. The topological polar surface area (TPSA) is 91.4 Å². The molecule has 1 saturated heterocycles. The summed E-state index contributed by atoms with van der Waals surface area (Å²) in [5.74, 6) is -1.44. The van der Waals surface area contributed by atoms with Crippen molar-refractivity contribution in [2.24, 2.45) is 0 Å². The number of rotatable bonds is 6. The van der Waals surface area contributed by atoms with E-state index < -0.39 is 29.2 Å². The fraction of sp³-hybridized carbons (Fsp3) is 0.263. The number of imide groups is 1. The van der Waals surface area contributed by atoms with Crippen LogP contribution in [0.2, 0.25) is 0 Å². The minimum Gasteiger partial charge on any atom is -0.354 e. The molecule has 2 heterocycles. The van der Waals surface area contributed by atoms with Crippen molar-refractivity contribution < 1.29 is 18.8 Å². The predicted octanol–water partition coefficient (Wildman–Crippen LogP) is 1.35. The van der Waals surface area contributed by atoms with Gasteiger partial charge in [-0.15, -0.1) is 0 Å². The molecule has 1 aliphatic heterocycles. The summed E-state index contributed by atoms with van der Waals surface area (Å²) in [4.78, 5) is 42.0. The lowest BCUT2D eigenvalue weighted by atomic mass is 9.92. The van der Waals surface area contributed by atoms with Gasteiger partial charge >= 0.3 is 6.03 Å². The van der Waals surface area contributed by atoms with Gasteiger partial charge in [-0.2, -0.15) is 0 Å². The van der Waals surface area contributed by atoms with E-state index in [4.69, 9.17) is 0 Å². The van der Waals surface area contributed by atoms with E-state index >= 15 is 0 Å². The molecule has 1 aromatic heterocycles. The molecule has 0 bridgehead atoms. The van der Waals surface area contributed by atoms with Crippen LogP contribution in [0.4, 0.5) is 9.18 Å². The van der Waals surface area contributed by atoms with Gasteiger partial charge in [0.15, 0.2) is 0 Å². The molecule has 27 heavy (non-hydrogen) atoms. The van der Waals surface area contributed by atoms with Crippen LogP contribution < -0.4 is 10.6 Å². The molecular weight excluding hydrogens is 351 g/mol. The first-order valence-corrected chi connectivity index (χ1v) is 8.47. The van der Waals surface area contributed by atoms with E-state index in [1.165, 1.54) is 31.2 Å². The molecule has 1 aromatic carbocycles. The maximum Gasteiger partial charge on any atom is 0.325 e. The van der Waals surface area contributed by atoms with E-state index in [1.807, 2.05) is 12.1 Å². The van der Waals surface area contributed by atoms with E-state index in [0.717, 1.165) is 10.6 Å². The molecule has 8 heteroatoms. The number of hydrogen-bond acceptors (Lipinski definition) is 4. The monoisotopic (exact) mass is 370 g/mol. The summed E-state index contributed by atoms with van der Waals surface area (Å²) in [6, 6.07) is 10.1. The lowest BCUT2D eigenvalue weighted by Crippen LogP contribution is -2.43. The molecule has 0 unspecified atom stereocenters. The van der Waals surface area contributed by atoms with Crippen molar-refractivity contribution in [3.8, 4) is 0 Å². The number of halogens is 1. The van der Waals surface area contributed by atoms with Crippen LogP contribution in [0.25, 0.3) is 0 Å². The second-order valence-corrected chi connectivity index (χ2v) is 6.37. The molecule has 0 spiro atoms. The van der Waals surface area contributed by atoms with Crippen LogP contribution in [0.3, 0.4) is 0 Å². The highest BCUT2D eigenvalue weighted by Gasteiger charge is 2.49. The molecule has 1 atom stereocenters. The Labute approximate surface area is 155 Å². The van der Waals surface area contributed by atoms with Gasteiger partial charge in [0.1, 0.15) is 17.9 Å². The fourth-order valence-corrected chi connectivity index (χ4v) is 2.89. The SMILES string of the molecule is C[C@]1(c2ccc(F)cc2)NC(=O)N(CC(=O)NCCc2ccccn2)C1=O. The van der Waals surface area contributed by atoms with Gasteiger partial charge in [-0.1, -0.05) is 18.2 Å². The van der Waals surface area contributed by atoms with Crippen molar-refractivity contribution >= 4 is 17.8 Å². The summed E-state index contributed by atoms with van der Waals surface area (Å²) in [5.41, 5.74) is -0.0593. The summed E-state index contributed by atoms with van der Waals surface area (Å²) in [6.07, 6.45) is 2.21. The van der Waals surface area contributed by atoms with Crippen molar-refractivity contribution in [2.75, 3.05) is 13.1 Å². The smallest absolute Gasteiger partial charge is 0.325 e. The van der Waals surface area contributed by atoms with Crippen LogP contribution in [0, 0.1) is 5.82 Å². The molecule has 140 valence electrons. The van der Waals surface area contributed by atoms with E-state index in [-0.39, 0.29) is 6.54 Å². The molecule has 4 amide bonds. The first kappa shape index (κ1) is 18.5. The summed E-state index contributed by atoms with van der Waals surface area (Å²) < 4.78 is 13.1. The standard InChI is InChI=1S/C19H19FN4O3/c1-19(13-5-7-14(20)8-6-13)17(26)24(18(27)23-19)12-16(25)22-11-9-15-4-2-3-10-21-15/h2-8,10H,9,11-12H2,1H3,(H,22,25)(H,23,27)/t19-/m1/s1. The highest BCUT2D eigenvalue weighted by molar-refractivity contribution is 6.09. The van der Waals surface area contributed by atoms with Gasteiger partial charge in [-0.05, 0) is 36.8 Å². The van der Waals surface area contributed by atoms with Crippen molar-refractivity contribution in [3.05, 3.63) is 65.7 Å². The van der Waals surface area contributed by atoms with Crippen LogP contribution in [-0.4, -0.2) is 40.8 Å². The fourth-order valence-electron chi connectivity index (χ4n) is 2.89. The van der Waals surface area contributed by atoms with Gasteiger partial charge in [0.05, 0.1) is 0 Å². The van der Waals surface area contributed by atoms with E-state index in [0.29, 0.717) is 18.5 Å². The molecular formula is C19H19FN4O3. The average molecular weight is 370 g/mol. The first-order valence-electron chi connectivity index (χ1n) is 8.47. The van der Waals surface area contributed by atoms with Crippen LogP contribution in [0.15, 0.2) is 48.7 Å². The Hall–Kier alpha value is -3.29. The number of benzene rings is 1. The van der Waals surface area contributed by atoms with Gasteiger partial charge in [-0.3, -0.25) is 19.5 Å². The molecule has 1 aliphatic rings. The molecule has 3 rings (SSSR count). The number of carbonyl (C=O) groups excluding carboxylic acids is 3. The molecule has 1 fully saturated rings. The Morgan fingerprint density at radius 3 is 2.63 bits per heavy atom. The highest BCUT2D eigenvalue weighted by Crippen LogP contribution is 2.28. The Balaban J connectivity index is 1.60. The third-order valence-corrected chi connectivity index (χ3v) is 4.43. The lowest BCUT2D eigenvalue weighted by Gasteiger charge is -2.22. The van der Waals surface area contributed by atoms with Crippen LogP contribution in [0.1, 0.15) is 18.2 Å². The Morgan fingerprint density at radius 1 is 1.22 bits per heavy atom. The third kappa shape index (κ3) is 3.94. The van der Waals surface area contributed by atoms with Crippen LogP contribution >= 0.6 is 0 Å². The van der Waals surface area contributed by atoms with Crippen molar-refractivity contribution in [3.63, 3.8) is 0 Å². The number of pyridine rings is 1. The van der Waals surface area contributed by atoms with Crippen molar-refractivity contribution in [2.45, 2.75) is 18.9 Å². The molecule has 0 saturated carbocycles. The Bertz CT molecular complexity index is 857. The Morgan fingerprint density at radius 2 is 1.96 bits per heavy atom. The zero-order chi connectivity index (χ0) is 19.4. The van der Waals surface area contributed by atoms with Gasteiger partial charge in [0.2, 0.25) is 5.91 Å². The lowest BCUT2D eigenvalue weighted by molar-refractivity contribution is -0.134. The van der Waals surface area contributed by atoms with Crippen LogP contribution in [0.5, 0.6) is 0 Å². The summed E-state index contributed by atoms with van der Waals surface area (Å²) in [5, 5.41) is 5.25. The second-order valence-electron chi connectivity index (χ2n) is 6.37. The highest BCUT2D eigenvalue weighted by atomic mass is 19.1. The van der Waals surface area contributed by atoms with Gasteiger partial charge in [-0.25, -0.2) is 9.18 Å². The first-order chi connectivity index (χ1) is 12.9. The van der Waals surface area contributed by atoms with E-state index in [9.17, 15) is 18.8 Å². The largest absolute Gasteiger partial charge is 0.354 e.